The minimum absolute atomic E-state index is 0.0610. The highest BCUT2D eigenvalue weighted by atomic mass is 19.4. The van der Waals surface area contributed by atoms with Crippen molar-refractivity contribution < 1.29 is 22.6 Å². The number of aliphatic imine (C=N–C) groups is 1. The van der Waals surface area contributed by atoms with Gasteiger partial charge in [0.2, 0.25) is 11.8 Å². The van der Waals surface area contributed by atoms with Gasteiger partial charge < -0.3 is 9.47 Å². The molecular weight excluding hydrogens is 405 g/mol. The van der Waals surface area contributed by atoms with Crippen LogP contribution in [0.4, 0.5) is 13.2 Å². The third kappa shape index (κ3) is 4.87. The molecule has 1 atom stereocenters. The van der Waals surface area contributed by atoms with E-state index in [0.717, 1.165) is 33.4 Å². The van der Waals surface area contributed by atoms with Crippen LogP contribution in [0.5, 0.6) is 5.88 Å². The van der Waals surface area contributed by atoms with Crippen LogP contribution in [-0.4, -0.2) is 30.3 Å². The third-order valence-electron chi connectivity index (χ3n) is 5.09. The molecule has 31 heavy (non-hydrogen) atoms. The second-order valence-corrected chi connectivity index (χ2v) is 7.44. The summed E-state index contributed by atoms with van der Waals surface area (Å²) < 4.78 is 47.3. The van der Waals surface area contributed by atoms with Gasteiger partial charge in [-0.25, -0.2) is 9.98 Å². The van der Waals surface area contributed by atoms with Crippen LogP contribution in [0.1, 0.15) is 28.3 Å². The molecule has 0 saturated carbocycles. The summed E-state index contributed by atoms with van der Waals surface area (Å²) in [7, 11) is 0. The Morgan fingerprint density at radius 2 is 1.65 bits per heavy atom. The van der Waals surface area contributed by atoms with E-state index in [1.807, 2.05) is 56.3 Å². The highest BCUT2D eigenvalue weighted by molar-refractivity contribution is 5.98. The maximum Gasteiger partial charge on any atom is 0.422 e. The fourth-order valence-electron chi connectivity index (χ4n) is 3.52. The van der Waals surface area contributed by atoms with Crippen molar-refractivity contribution in [1.29, 1.82) is 0 Å². The van der Waals surface area contributed by atoms with Crippen molar-refractivity contribution in [2.75, 3.05) is 13.2 Å². The lowest BCUT2D eigenvalue weighted by molar-refractivity contribution is -0.154. The average Bonchev–Trinajstić information content (AvgIpc) is 3.22. The molecule has 160 valence electrons. The summed E-state index contributed by atoms with van der Waals surface area (Å²) in [6.45, 7) is 3.21. The summed E-state index contributed by atoms with van der Waals surface area (Å²) in [6, 6.07) is 17.0. The van der Waals surface area contributed by atoms with Crippen molar-refractivity contribution in [3.63, 3.8) is 0 Å². The molecule has 0 amide bonds. The number of pyridine rings is 1. The van der Waals surface area contributed by atoms with E-state index >= 15 is 0 Å². The first-order valence-electron chi connectivity index (χ1n) is 9.83. The maximum absolute atomic E-state index is 12.2. The Morgan fingerprint density at radius 1 is 0.968 bits per heavy atom. The van der Waals surface area contributed by atoms with E-state index in [0.29, 0.717) is 12.5 Å². The Morgan fingerprint density at radius 3 is 2.26 bits per heavy atom. The normalized spacial score (nSPS) is 16.0. The average molecular weight is 426 g/mol. The fraction of sp³-hybridized carbons (Fsp3) is 0.250. The first-order chi connectivity index (χ1) is 14.8. The standard InChI is InChI=1S/C24H21F3N2O2/c1-15-4-3-5-16(2)22(15)23-29-20(13-30-23)18-8-6-17(7-9-18)19-10-11-21(28-12-19)31-14-24(25,26)27/h3-12,20H,13-14H2,1-2H3. The number of rotatable bonds is 5. The van der Waals surface area contributed by atoms with Crippen molar-refractivity contribution in [3.8, 4) is 17.0 Å². The predicted octanol–water partition coefficient (Wildman–Crippen LogP) is 5.82. The molecule has 1 aromatic heterocycles. The zero-order chi connectivity index (χ0) is 22.0. The summed E-state index contributed by atoms with van der Waals surface area (Å²) in [6.07, 6.45) is -2.89. The second kappa shape index (κ2) is 8.41. The van der Waals surface area contributed by atoms with E-state index in [-0.39, 0.29) is 11.9 Å². The zero-order valence-electron chi connectivity index (χ0n) is 17.1. The van der Waals surface area contributed by atoms with Crippen molar-refractivity contribution in [2.45, 2.75) is 26.1 Å². The topological polar surface area (TPSA) is 43.7 Å². The van der Waals surface area contributed by atoms with Gasteiger partial charge in [-0.05, 0) is 42.2 Å². The molecule has 0 radical (unpaired) electrons. The Labute approximate surface area is 178 Å². The van der Waals surface area contributed by atoms with E-state index in [4.69, 9.17) is 9.73 Å². The van der Waals surface area contributed by atoms with Crippen molar-refractivity contribution in [2.24, 2.45) is 4.99 Å². The lowest BCUT2D eigenvalue weighted by Gasteiger charge is -2.09. The van der Waals surface area contributed by atoms with Gasteiger partial charge in [-0.15, -0.1) is 0 Å². The number of hydrogen-bond donors (Lipinski definition) is 0. The number of halogens is 3. The highest BCUT2D eigenvalue weighted by Crippen LogP contribution is 2.29. The first-order valence-corrected chi connectivity index (χ1v) is 9.83. The molecule has 7 heteroatoms. The lowest BCUT2D eigenvalue weighted by atomic mass is 10.0. The predicted molar refractivity (Wildman–Crippen MR) is 112 cm³/mol. The van der Waals surface area contributed by atoms with Crippen LogP contribution in [0.3, 0.4) is 0 Å². The molecule has 0 bridgehead atoms. The van der Waals surface area contributed by atoms with E-state index in [1.54, 1.807) is 6.07 Å². The van der Waals surface area contributed by atoms with E-state index in [1.165, 1.54) is 12.3 Å². The molecule has 1 aliphatic rings. The van der Waals surface area contributed by atoms with Crippen molar-refractivity contribution in [1.82, 2.24) is 4.98 Å². The van der Waals surface area contributed by atoms with Crippen LogP contribution in [0.2, 0.25) is 0 Å². The highest BCUT2D eigenvalue weighted by Gasteiger charge is 2.28. The van der Waals surface area contributed by atoms with Gasteiger partial charge in [0, 0.05) is 23.4 Å². The Kier molecular flexibility index (Phi) is 5.67. The zero-order valence-corrected chi connectivity index (χ0v) is 17.1. The minimum atomic E-state index is -4.39. The maximum atomic E-state index is 12.2. The van der Waals surface area contributed by atoms with Gasteiger partial charge in [-0.2, -0.15) is 13.2 Å². The lowest BCUT2D eigenvalue weighted by Crippen LogP contribution is -2.19. The number of hydrogen-bond acceptors (Lipinski definition) is 4. The molecular formula is C24H21F3N2O2. The second-order valence-electron chi connectivity index (χ2n) is 7.44. The van der Waals surface area contributed by atoms with Gasteiger partial charge in [-0.1, -0.05) is 42.5 Å². The minimum Gasteiger partial charge on any atom is -0.475 e. The van der Waals surface area contributed by atoms with Gasteiger partial charge >= 0.3 is 6.18 Å². The largest absolute Gasteiger partial charge is 0.475 e. The number of aryl methyl sites for hydroxylation is 2. The van der Waals surface area contributed by atoms with Gasteiger partial charge in [0.1, 0.15) is 12.6 Å². The molecule has 4 rings (SSSR count). The SMILES string of the molecule is Cc1cccc(C)c1C1=NC(c2ccc(-c3ccc(OCC(F)(F)F)nc3)cc2)CO1. The number of benzene rings is 2. The van der Waals surface area contributed by atoms with Crippen LogP contribution >= 0.6 is 0 Å². The Hall–Kier alpha value is -3.35. The van der Waals surface area contributed by atoms with Crippen molar-refractivity contribution in [3.05, 3.63) is 83.0 Å². The van der Waals surface area contributed by atoms with E-state index < -0.39 is 12.8 Å². The van der Waals surface area contributed by atoms with E-state index in [9.17, 15) is 13.2 Å². The quantitative estimate of drug-likeness (QED) is 0.516. The van der Waals surface area contributed by atoms with Gasteiger partial charge in [0.15, 0.2) is 6.61 Å². The Balaban J connectivity index is 1.47. The molecule has 2 heterocycles. The van der Waals surface area contributed by atoms with E-state index in [2.05, 4.69) is 9.72 Å². The third-order valence-corrected chi connectivity index (χ3v) is 5.09. The summed E-state index contributed by atoms with van der Waals surface area (Å²) in [5.41, 5.74) is 6.02. The van der Waals surface area contributed by atoms with Crippen molar-refractivity contribution >= 4 is 5.90 Å². The molecule has 0 aliphatic carbocycles. The summed E-state index contributed by atoms with van der Waals surface area (Å²) in [5, 5.41) is 0. The number of nitrogens with zero attached hydrogens (tertiary/aromatic N) is 2. The monoisotopic (exact) mass is 426 g/mol. The Bertz CT molecular complexity index is 1070. The van der Waals surface area contributed by atoms with Crippen LogP contribution in [0.15, 0.2) is 65.8 Å². The summed E-state index contributed by atoms with van der Waals surface area (Å²) >= 11 is 0. The molecule has 1 unspecified atom stereocenters. The molecule has 3 aromatic rings. The molecule has 0 saturated heterocycles. The molecule has 0 N–H and O–H groups in total. The molecule has 0 fully saturated rings. The number of alkyl halides is 3. The molecule has 2 aromatic carbocycles. The summed E-state index contributed by atoms with van der Waals surface area (Å²) in [5.74, 6) is 0.609. The van der Waals surface area contributed by atoms with Crippen LogP contribution in [0.25, 0.3) is 11.1 Å². The van der Waals surface area contributed by atoms with Gasteiger partial charge in [0.05, 0.1) is 0 Å². The van der Waals surface area contributed by atoms with Crippen LogP contribution in [-0.2, 0) is 4.74 Å². The summed E-state index contributed by atoms with van der Waals surface area (Å²) in [4.78, 5) is 8.73. The molecule has 1 aliphatic heterocycles. The van der Waals surface area contributed by atoms with Crippen LogP contribution < -0.4 is 4.74 Å². The van der Waals surface area contributed by atoms with Gasteiger partial charge in [-0.3, -0.25) is 0 Å². The van der Waals surface area contributed by atoms with Gasteiger partial charge in [0.25, 0.3) is 0 Å². The fourth-order valence-corrected chi connectivity index (χ4v) is 3.52. The molecule has 0 spiro atoms. The number of aromatic nitrogens is 1. The number of ether oxygens (including phenoxy) is 2. The smallest absolute Gasteiger partial charge is 0.422 e. The first kappa shape index (κ1) is 20.9. The molecule has 4 nitrogen and oxygen atoms in total. The van der Waals surface area contributed by atoms with Crippen LogP contribution in [0, 0.1) is 13.8 Å².